The van der Waals surface area contributed by atoms with Gasteiger partial charge in [0.05, 0.1) is 4.92 Å². The molecule has 140 valence electrons. The lowest BCUT2D eigenvalue weighted by Crippen LogP contribution is -2.21. The quantitative estimate of drug-likeness (QED) is 0.462. The van der Waals surface area contributed by atoms with Crippen molar-refractivity contribution in [2.24, 2.45) is 0 Å². The number of hydrogen-bond acceptors (Lipinski definition) is 4. The van der Waals surface area contributed by atoms with Gasteiger partial charge >= 0.3 is 0 Å². The van der Waals surface area contributed by atoms with Gasteiger partial charge in [-0.3, -0.25) is 19.7 Å². The van der Waals surface area contributed by atoms with E-state index in [-0.39, 0.29) is 17.5 Å². The van der Waals surface area contributed by atoms with Crippen LogP contribution in [0.3, 0.4) is 0 Å². The maximum atomic E-state index is 12.1. The molecule has 0 heterocycles. The van der Waals surface area contributed by atoms with Crippen LogP contribution in [-0.2, 0) is 16.0 Å². The molecule has 0 aliphatic rings. The monoisotopic (exact) mass is 367 g/mol. The Hall–Kier alpha value is -3.48. The highest BCUT2D eigenvalue weighted by Crippen LogP contribution is 2.14. The number of nitrogens with one attached hydrogen (secondary N) is 1. The van der Waals surface area contributed by atoms with Crippen LogP contribution in [-0.4, -0.2) is 35.7 Å². The van der Waals surface area contributed by atoms with E-state index in [4.69, 9.17) is 0 Å². The van der Waals surface area contributed by atoms with Crippen LogP contribution in [0.2, 0.25) is 0 Å². The molecule has 2 aromatic carbocycles. The minimum atomic E-state index is -0.473. The van der Waals surface area contributed by atoms with Crippen LogP contribution >= 0.6 is 0 Å². The minimum absolute atomic E-state index is 0.00108. The standard InChI is InChI=1S/C20H21N3O4/c1-22(2)20(25)13-9-16-4-3-5-17(14-16)21-19(24)12-8-15-6-10-18(11-7-15)23(26)27/h3-8,10-12,14H,9,13H2,1-2H3,(H,21,24)/b12-8+. The van der Waals surface area contributed by atoms with Crippen LogP contribution < -0.4 is 5.32 Å². The van der Waals surface area contributed by atoms with Crippen molar-refractivity contribution in [3.05, 3.63) is 75.8 Å². The van der Waals surface area contributed by atoms with Crippen LogP contribution in [0, 0.1) is 10.1 Å². The van der Waals surface area contributed by atoms with Gasteiger partial charge in [-0.25, -0.2) is 0 Å². The lowest BCUT2D eigenvalue weighted by molar-refractivity contribution is -0.384. The molecule has 0 aliphatic carbocycles. The van der Waals surface area contributed by atoms with Crippen molar-refractivity contribution in [2.75, 3.05) is 19.4 Å². The SMILES string of the molecule is CN(C)C(=O)CCc1cccc(NC(=O)/C=C/c2ccc([N+](=O)[O-])cc2)c1. The fourth-order valence-corrected chi connectivity index (χ4v) is 2.34. The highest BCUT2D eigenvalue weighted by atomic mass is 16.6. The molecule has 0 aliphatic heterocycles. The topological polar surface area (TPSA) is 92.6 Å². The second-order valence-corrected chi connectivity index (χ2v) is 6.16. The summed E-state index contributed by atoms with van der Waals surface area (Å²) in [6, 6.07) is 13.3. The molecular formula is C20H21N3O4. The number of amides is 2. The van der Waals surface area contributed by atoms with Gasteiger partial charge < -0.3 is 10.2 Å². The molecule has 1 N–H and O–H groups in total. The second kappa shape index (κ2) is 9.28. The summed E-state index contributed by atoms with van der Waals surface area (Å²) in [7, 11) is 3.44. The Labute approximate surface area is 157 Å². The number of nitro groups is 1. The van der Waals surface area contributed by atoms with Gasteiger partial charge in [-0.1, -0.05) is 12.1 Å². The number of benzene rings is 2. The molecule has 0 fully saturated rings. The van der Waals surface area contributed by atoms with Gasteiger partial charge in [0.25, 0.3) is 5.69 Å². The summed E-state index contributed by atoms with van der Waals surface area (Å²) in [5.41, 5.74) is 2.29. The molecular weight excluding hydrogens is 346 g/mol. The van der Waals surface area contributed by atoms with E-state index >= 15 is 0 Å². The molecule has 0 atom stereocenters. The first-order chi connectivity index (χ1) is 12.8. The highest BCUT2D eigenvalue weighted by molar-refractivity contribution is 6.01. The fourth-order valence-electron chi connectivity index (χ4n) is 2.34. The molecule has 0 radical (unpaired) electrons. The first-order valence-corrected chi connectivity index (χ1v) is 8.38. The number of carbonyl (C=O) groups is 2. The predicted octanol–water partition coefficient (Wildman–Crippen LogP) is 3.27. The lowest BCUT2D eigenvalue weighted by atomic mass is 10.1. The van der Waals surface area contributed by atoms with Crippen LogP contribution in [0.25, 0.3) is 6.08 Å². The molecule has 0 aromatic heterocycles. The summed E-state index contributed by atoms with van der Waals surface area (Å²) in [4.78, 5) is 35.4. The summed E-state index contributed by atoms with van der Waals surface area (Å²) < 4.78 is 0. The van der Waals surface area contributed by atoms with Gasteiger partial charge in [0.1, 0.15) is 0 Å². The average Bonchev–Trinajstić information content (AvgIpc) is 2.65. The second-order valence-electron chi connectivity index (χ2n) is 6.16. The molecule has 0 saturated heterocycles. The molecule has 0 unspecified atom stereocenters. The Morgan fingerprint density at radius 3 is 2.48 bits per heavy atom. The first kappa shape index (κ1) is 19.8. The highest BCUT2D eigenvalue weighted by Gasteiger charge is 2.06. The van der Waals surface area contributed by atoms with Crippen molar-refractivity contribution in [3.63, 3.8) is 0 Å². The molecule has 7 heteroatoms. The summed E-state index contributed by atoms with van der Waals surface area (Å²) in [6.45, 7) is 0. The van der Waals surface area contributed by atoms with Crippen molar-refractivity contribution in [3.8, 4) is 0 Å². The van der Waals surface area contributed by atoms with Crippen molar-refractivity contribution in [1.29, 1.82) is 0 Å². The van der Waals surface area contributed by atoms with E-state index in [1.54, 1.807) is 43.3 Å². The Balaban J connectivity index is 1.94. The minimum Gasteiger partial charge on any atom is -0.349 e. The number of non-ortho nitro benzene ring substituents is 1. The van der Waals surface area contributed by atoms with E-state index in [0.29, 0.717) is 24.1 Å². The summed E-state index contributed by atoms with van der Waals surface area (Å²) in [5.74, 6) is -0.259. The van der Waals surface area contributed by atoms with Crippen LogP contribution in [0.1, 0.15) is 17.5 Å². The van der Waals surface area contributed by atoms with E-state index in [0.717, 1.165) is 5.56 Å². The van der Waals surface area contributed by atoms with Crippen molar-refractivity contribution in [1.82, 2.24) is 4.90 Å². The van der Waals surface area contributed by atoms with Gasteiger partial charge in [-0.05, 0) is 47.9 Å². The Morgan fingerprint density at radius 2 is 1.85 bits per heavy atom. The predicted molar refractivity (Wildman–Crippen MR) is 104 cm³/mol. The van der Waals surface area contributed by atoms with E-state index in [2.05, 4.69) is 5.32 Å². The number of nitrogens with zero attached hydrogens (tertiary/aromatic N) is 2. The number of anilines is 1. The van der Waals surface area contributed by atoms with Crippen molar-refractivity contribution in [2.45, 2.75) is 12.8 Å². The Bertz CT molecular complexity index is 858. The zero-order valence-corrected chi connectivity index (χ0v) is 15.2. The number of hydrogen-bond donors (Lipinski definition) is 1. The van der Waals surface area contributed by atoms with Gasteiger partial charge in [-0.15, -0.1) is 0 Å². The molecule has 0 spiro atoms. The molecule has 0 saturated carbocycles. The number of rotatable bonds is 7. The molecule has 2 aromatic rings. The van der Waals surface area contributed by atoms with Crippen molar-refractivity contribution >= 4 is 29.3 Å². The Kier molecular flexibility index (Phi) is 6.82. The molecule has 0 bridgehead atoms. The van der Waals surface area contributed by atoms with Crippen LogP contribution in [0.15, 0.2) is 54.6 Å². The third-order valence-electron chi connectivity index (χ3n) is 3.85. The van der Waals surface area contributed by atoms with E-state index in [9.17, 15) is 19.7 Å². The zero-order valence-electron chi connectivity index (χ0n) is 15.2. The smallest absolute Gasteiger partial charge is 0.269 e. The zero-order chi connectivity index (χ0) is 19.8. The normalized spacial score (nSPS) is 10.6. The van der Waals surface area contributed by atoms with E-state index in [1.807, 2.05) is 18.2 Å². The molecule has 27 heavy (non-hydrogen) atoms. The number of aryl methyl sites for hydroxylation is 1. The Morgan fingerprint density at radius 1 is 1.15 bits per heavy atom. The van der Waals surface area contributed by atoms with Gasteiger partial charge in [0, 0.05) is 44.4 Å². The van der Waals surface area contributed by atoms with E-state index in [1.165, 1.54) is 18.2 Å². The maximum Gasteiger partial charge on any atom is 0.269 e. The van der Waals surface area contributed by atoms with Crippen LogP contribution in [0.5, 0.6) is 0 Å². The molecule has 2 amide bonds. The van der Waals surface area contributed by atoms with Gasteiger partial charge in [-0.2, -0.15) is 0 Å². The largest absolute Gasteiger partial charge is 0.349 e. The summed E-state index contributed by atoms with van der Waals surface area (Å²) in [6.07, 6.45) is 3.95. The number of nitro benzene ring substituents is 1. The average molecular weight is 367 g/mol. The van der Waals surface area contributed by atoms with Crippen molar-refractivity contribution < 1.29 is 14.5 Å². The van der Waals surface area contributed by atoms with Gasteiger partial charge in [0.15, 0.2) is 0 Å². The van der Waals surface area contributed by atoms with Gasteiger partial charge in [0.2, 0.25) is 11.8 Å². The third kappa shape index (κ3) is 6.39. The number of carbonyl (C=O) groups excluding carboxylic acids is 2. The van der Waals surface area contributed by atoms with E-state index < -0.39 is 4.92 Å². The lowest BCUT2D eigenvalue weighted by Gasteiger charge is -2.10. The fraction of sp³-hybridized carbons (Fsp3) is 0.200. The third-order valence-corrected chi connectivity index (χ3v) is 3.85. The molecule has 7 nitrogen and oxygen atoms in total. The maximum absolute atomic E-state index is 12.1. The summed E-state index contributed by atoms with van der Waals surface area (Å²) >= 11 is 0. The summed E-state index contributed by atoms with van der Waals surface area (Å²) in [5, 5.41) is 13.4. The first-order valence-electron chi connectivity index (χ1n) is 8.38. The molecule has 2 rings (SSSR count). The van der Waals surface area contributed by atoms with Crippen LogP contribution in [0.4, 0.5) is 11.4 Å².